The standard InChI is InChI=1S/C7H15O6P/c1-3(8)5(10)7(12)6(11)4(9)2-13-14/h3,5-8,10-12H,2,14H2,1H3. The fourth-order valence-electron chi connectivity index (χ4n) is 0.830. The molecule has 0 saturated carbocycles. The summed E-state index contributed by atoms with van der Waals surface area (Å²) in [6.07, 6.45) is -6.29. The van der Waals surface area contributed by atoms with Gasteiger partial charge in [-0.15, -0.1) is 0 Å². The van der Waals surface area contributed by atoms with Crippen molar-refractivity contribution in [3.63, 3.8) is 0 Å². The summed E-state index contributed by atoms with van der Waals surface area (Å²) in [6, 6.07) is 0. The molecule has 6 nitrogen and oxygen atoms in total. The molecule has 5 unspecified atom stereocenters. The third kappa shape index (κ3) is 3.96. The smallest absolute Gasteiger partial charge is 0.189 e. The van der Waals surface area contributed by atoms with Gasteiger partial charge in [-0.05, 0) is 6.92 Å². The molecule has 0 saturated heterocycles. The molecule has 0 radical (unpaired) electrons. The number of rotatable bonds is 6. The van der Waals surface area contributed by atoms with Gasteiger partial charge in [-0.1, -0.05) is 0 Å². The molecule has 14 heavy (non-hydrogen) atoms. The minimum Gasteiger partial charge on any atom is -0.391 e. The van der Waals surface area contributed by atoms with Gasteiger partial charge in [0.1, 0.15) is 24.9 Å². The highest BCUT2D eigenvalue weighted by molar-refractivity contribution is 7.09. The van der Waals surface area contributed by atoms with Gasteiger partial charge in [0.25, 0.3) is 0 Å². The Kier molecular flexibility index (Phi) is 6.35. The second-order valence-corrected chi connectivity index (χ2v) is 3.28. The Balaban J connectivity index is 4.23. The van der Waals surface area contributed by atoms with E-state index in [1.165, 1.54) is 6.92 Å². The van der Waals surface area contributed by atoms with Crippen LogP contribution in [0, 0.1) is 0 Å². The second-order valence-electron chi connectivity index (χ2n) is 2.94. The third-order valence-corrected chi connectivity index (χ3v) is 1.89. The molecule has 0 bridgehead atoms. The predicted molar refractivity (Wildman–Crippen MR) is 50.4 cm³/mol. The van der Waals surface area contributed by atoms with Crippen molar-refractivity contribution in [3.05, 3.63) is 0 Å². The van der Waals surface area contributed by atoms with Gasteiger partial charge in [-0.25, -0.2) is 0 Å². The Morgan fingerprint density at radius 1 is 1.29 bits per heavy atom. The molecule has 7 heteroatoms. The molecule has 0 rings (SSSR count). The molecule has 0 aromatic rings. The third-order valence-electron chi connectivity index (χ3n) is 1.72. The van der Waals surface area contributed by atoms with Crippen molar-refractivity contribution in [3.8, 4) is 0 Å². The number of Topliss-reactive ketones (excluding diaryl/α,β-unsaturated/α-hetero) is 1. The summed E-state index contributed by atoms with van der Waals surface area (Å²) in [5.74, 6) is -0.771. The average molecular weight is 226 g/mol. The summed E-state index contributed by atoms with van der Waals surface area (Å²) in [5.41, 5.74) is 0. The van der Waals surface area contributed by atoms with Crippen molar-refractivity contribution in [1.82, 2.24) is 0 Å². The molecule has 0 spiro atoms. The van der Waals surface area contributed by atoms with Crippen LogP contribution in [0.1, 0.15) is 6.92 Å². The first kappa shape index (κ1) is 13.9. The normalized spacial score (nSPS) is 19.9. The van der Waals surface area contributed by atoms with E-state index in [0.29, 0.717) is 0 Å². The molecule has 5 atom stereocenters. The van der Waals surface area contributed by atoms with Gasteiger partial charge < -0.3 is 24.9 Å². The van der Waals surface area contributed by atoms with Crippen molar-refractivity contribution in [2.45, 2.75) is 31.3 Å². The lowest BCUT2D eigenvalue weighted by atomic mass is 10.0. The van der Waals surface area contributed by atoms with Crippen molar-refractivity contribution < 1.29 is 29.7 Å². The van der Waals surface area contributed by atoms with Crippen LogP contribution in [-0.4, -0.2) is 57.2 Å². The minimum atomic E-state index is -1.76. The molecule has 4 N–H and O–H groups in total. The lowest BCUT2D eigenvalue weighted by Gasteiger charge is -2.23. The summed E-state index contributed by atoms with van der Waals surface area (Å²) >= 11 is 0. The SMILES string of the molecule is CC(O)C(O)C(O)C(O)C(=O)COP. The van der Waals surface area contributed by atoms with E-state index in [4.69, 9.17) is 10.2 Å². The van der Waals surface area contributed by atoms with Gasteiger partial charge in [0.15, 0.2) is 5.78 Å². The van der Waals surface area contributed by atoms with Crippen LogP contribution < -0.4 is 0 Å². The quantitative estimate of drug-likeness (QED) is 0.384. The highest BCUT2D eigenvalue weighted by atomic mass is 31.0. The summed E-state index contributed by atoms with van der Waals surface area (Å²) in [6.45, 7) is 0.840. The van der Waals surface area contributed by atoms with E-state index >= 15 is 0 Å². The molecular weight excluding hydrogens is 211 g/mol. The number of aliphatic hydroxyl groups excluding tert-OH is 4. The Hall–Kier alpha value is -0.100. The Morgan fingerprint density at radius 2 is 1.79 bits per heavy atom. The molecule has 0 heterocycles. The van der Waals surface area contributed by atoms with Crippen molar-refractivity contribution in [2.24, 2.45) is 0 Å². The first-order valence-electron chi connectivity index (χ1n) is 3.98. The zero-order valence-corrected chi connectivity index (χ0v) is 8.85. The number of aliphatic hydroxyl groups is 4. The molecule has 84 valence electrons. The zero-order valence-electron chi connectivity index (χ0n) is 7.70. The van der Waals surface area contributed by atoms with Gasteiger partial charge >= 0.3 is 0 Å². The van der Waals surface area contributed by atoms with Crippen LogP contribution in [0.5, 0.6) is 0 Å². The van der Waals surface area contributed by atoms with Crippen LogP contribution in [0.3, 0.4) is 0 Å². The monoisotopic (exact) mass is 226 g/mol. The highest BCUT2D eigenvalue weighted by Gasteiger charge is 2.32. The molecule has 0 aromatic heterocycles. The van der Waals surface area contributed by atoms with Crippen LogP contribution in [0.15, 0.2) is 0 Å². The Morgan fingerprint density at radius 3 is 2.14 bits per heavy atom. The van der Waals surface area contributed by atoms with Crippen LogP contribution in [0.25, 0.3) is 0 Å². The largest absolute Gasteiger partial charge is 0.391 e. The van der Waals surface area contributed by atoms with E-state index in [-0.39, 0.29) is 0 Å². The lowest BCUT2D eigenvalue weighted by Crippen LogP contribution is -2.47. The Labute approximate surface area is 83.8 Å². The van der Waals surface area contributed by atoms with E-state index in [0.717, 1.165) is 0 Å². The lowest BCUT2D eigenvalue weighted by molar-refractivity contribution is -0.145. The molecule has 0 aliphatic rings. The van der Waals surface area contributed by atoms with E-state index < -0.39 is 36.8 Å². The second kappa shape index (κ2) is 6.40. The molecule has 0 fully saturated rings. The van der Waals surface area contributed by atoms with E-state index in [2.05, 4.69) is 4.52 Å². The predicted octanol–water partition coefficient (Wildman–Crippen LogP) is -2.17. The summed E-state index contributed by atoms with van der Waals surface area (Å²) in [7, 11) is 1.82. The number of hydrogen-bond acceptors (Lipinski definition) is 6. The average Bonchev–Trinajstić information content (AvgIpc) is 2.14. The van der Waals surface area contributed by atoms with Gasteiger partial charge in [-0.3, -0.25) is 4.79 Å². The number of carbonyl (C=O) groups excluding carboxylic acids is 1. The van der Waals surface area contributed by atoms with Gasteiger partial charge in [0, 0.05) is 9.47 Å². The van der Waals surface area contributed by atoms with Crippen LogP contribution in [0.4, 0.5) is 0 Å². The maximum absolute atomic E-state index is 11.0. The van der Waals surface area contributed by atoms with Gasteiger partial charge in [-0.2, -0.15) is 0 Å². The first-order chi connectivity index (χ1) is 6.41. The van der Waals surface area contributed by atoms with Crippen molar-refractivity contribution in [2.75, 3.05) is 6.61 Å². The van der Waals surface area contributed by atoms with Gasteiger partial charge in [0.2, 0.25) is 0 Å². The van der Waals surface area contributed by atoms with Crippen LogP contribution in [-0.2, 0) is 9.32 Å². The maximum Gasteiger partial charge on any atom is 0.189 e. The van der Waals surface area contributed by atoms with E-state index in [1.54, 1.807) is 0 Å². The Bertz CT molecular complexity index is 185. The molecule has 0 aromatic carbocycles. The van der Waals surface area contributed by atoms with E-state index in [9.17, 15) is 15.0 Å². The van der Waals surface area contributed by atoms with Gasteiger partial charge in [0.05, 0.1) is 6.10 Å². The number of carbonyl (C=O) groups is 1. The molecule has 0 aliphatic carbocycles. The zero-order chi connectivity index (χ0) is 11.3. The summed E-state index contributed by atoms with van der Waals surface area (Å²) in [5, 5.41) is 36.4. The summed E-state index contributed by atoms with van der Waals surface area (Å²) < 4.78 is 4.37. The van der Waals surface area contributed by atoms with E-state index in [1.807, 2.05) is 9.47 Å². The van der Waals surface area contributed by atoms with Crippen molar-refractivity contribution in [1.29, 1.82) is 0 Å². The van der Waals surface area contributed by atoms with Crippen LogP contribution in [0.2, 0.25) is 0 Å². The number of hydrogen-bond donors (Lipinski definition) is 4. The minimum absolute atomic E-state index is 0.393. The van der Waals surface area contributed by atoms with Crippen LogP contribution >= 0.6 is 9.47 Å². The topological polar surface area (TPSA) is 107 Å². The molecular formula is C7H15O6P. The van der Waals surface area contributed by atoms with Crippen molar-refractivity contribution >= 4 is 15.2 Å². The highest BCUT2D eigenvalue weighted by Crippen LogP contribution is 2.06. The number of ketones is 1. The summed E-state index contributed by atoms with van der Waals surface area (Å²) in [4.78, 5) is 11.0. The maximum atomic E-state index is 11.0. The first-order valence-corrected chi connectivity index (χ1v) is 4.45. The molecule has 0 amide bonds. The molecule has 0 aliphatic heterocycles. The fourth-order valence-corrected chi connectivity index (χ4v) is 0.994. The fraction of sp³-hybridized carbons (Fsp3) is 0.857.